The summed E-state index contributed by atoms with van der Waals surface area (Å²) >= 11 is 0. The molecule has 8 rings (SSSR count). The van der Waals surface area contributed by atoms with Crippen molar-refractivity contribution >= 4 is 29.1 Å². The Balaban J connectivity index is 0.846. The van der Waals surface area contributed by atoms with Crippen LogP contribution in [0.1, 0.15) is 86.7 Å². The summed E-state index contributed by atoms with van der Waals surface area (Å²) in [6, 6.07) is 11.1. The van der Waals surface area contributed by atoms with E-state index in [1.165, 1.54) is 6.07 Å². The number of fused-ring (bicyclic) bond motifs is 2. The number of carbonyl (C=O) groups excluding carboxylic acids is 3. The van der Waals surface area contributed by atoms with Crippen molar-refractivity contribution in [1.82, 2.24) is 30.2 Å². The molecule has 4 fully saturated rings. The zero-order valence-electron chi connectivity index (χ0n) is 34.0. The first-order valence-electron chi connectivity index (χ1n) is 21.4. The van der Waals surface area contributed by atoms with E-state index in [0.29, 0.717) is 48.3 Å². The van der Waals surface area contributed by atoms with Gasteiger partial charge in [0.2, 0.25) is 11.8 Å². The van der Waals surface area contributed by atoms with Crippen LogP contribution in [0.25, 0.3) is 5.70 Å². The molecular formula is C44H60FN9O4. The summed E-state index contributed by atoms with van der Waals surface area (Å²) in [6.45, 7) is 12.9. The summed E-state index contributed by atoms with van der Waals surface area (Å²) in [5, 5.41) is 16.1. The smallest absolute Gasteiger partial charge is 0.255 e. The van der Waals surface area contributed by atoms with Gasteiger partial charge in [0.1, 0.15) is 11.9 Å². The van der Waals surface area contributed by atoms with Crippen LogP contribution in [0.2, 0.25) is 0 Å². The van der Waals surface area contributed by atoms with Gasteiger partial charge >= 0.3 is 0 Å². The Bertz CT molecular complexity index is 1950. The summed E-state index contributed by atoms with van der Waals surface area (Å²) < 4.78 is 14.2. The number of piperidine rings is 3. The van der Waals surface area contributed by atoms with Crippen molar-refractivity contribution in [3.8, 4) is 5.75 Å². The predicted molar refractivity (Wildman–Crippen MR) is 221 cm³/mol. The SMILES string of the molecule is CC(C)CCN(C1CCN(CC2CCN(c3ccc4c(c3)C(=O)N(C3CCC(=O)NC3=O)C4)CC2)CC1)C1CC2CNC(N)=C(/C=C(\N)c3cccc(F)c3O)N2C1. The number of halogens is 1. The highest BCUT2D eigenvalue weighted by atomic mass is 19.1. The highest BCUT2D eigenvalue weighted by Crippen LogP contribution is 2.36. The van der Waals surface area contributed by atoms with Crippen molar-refractivity contribution in [1.29, 1.82) is 0 Å². The summed E-state index contributed by atoms with van der Waals surface area (Å²) in [5.74, 6) is -0.152. The van der Waals surface area contributed by atoms with Crippen LogP contribution in [0.4, 0.5) is 10.1 Å². The van der Waals surface area contributed by atoms with Gasteiger partial charge in [-0.2, -0.15) is 0 Å². The number of rotatable bonds is 11. The summed E-state index contributed by atoms with van der Waals surface area (Å²) in [5.41, 5.74) is 17.0. The van der Waals surface area contributed by atoms with Crippen LogP contribution in [-0.4, -0.2) is 119 Å². The topological polar surface area (TPSA) is 164 Å². The van der Waals surface area contributed by atoms with Crippen LogP contribution < -0.4 is 27.0 Å². The first-order chi connectivity index (χ1) is 27.9. The minimum Gasteiger partial charge on any atom is -0.504 e. The molecule has 58 heavy (non-hydrogen) atoms. The van der Waals surface area contributed by atoms with E-state index in [-0.39, 0.29) is 41.4 Å². The Kier molecular flexibility index (Phi) is 11.6. The van der Waals surface area contributed by atoms with E-state index in [1.54, 1.807) is 23.1 Å². The third-order valence-electron chi connectivity index (χ3n) is 13.6. The molecule has 6 heterocycles. The van der Waals surface area contributed by atoms with Gasteiger partial charge in [0.25, 0.3) is 5.91 Å². The molecule has 0 aromatic heterocycles. The number of likely N-dealkylation sites (tertiary alicyclic amines) is 1. The maximum Gasteiger partial charge on any atom is 0.255 e. The van der Waals surface area contributed by atoms with Crippen molar-refractivity contribution in [2.75, 3.05) is 57.3 Å². The van der Waals surface area contributed by atoms with Crippen LogP contribution >= 0.6 is 0 Å². The number of nitrogens with zero attached hydrogens (tertiary/aromatic N) is 5. The van der Waals surface area contributed by atoms with Gasteiger partial charge in [0.05, 0.1) is 5.70 Å². The molecule has 2 aromatic carbocycles. The van der Waals surface area contributed by atoms with E-state index in [0.717, 1.165) is 108 Å². The van der Waals surface area contributed by atoms with Gasteiger partial charge in [-0.25, -0.2) is 4.39 Å². The molecule has 14 heteroatoms. The maximum atomic E-state index is 14.2. The average Bonchev–Trinajstić information content (AvgIpc) is 3.78. The second kappa shape index (κ2) is 16.8. The molecule has 0 spiro atoms. The van der Waals surface area contributed by atoms with Gasteiger partial charge < -0.3 is 41.5 Å². The molecule has 0 bridgehead atoms. The van der Waals surface area contributed by atoms with E-state index in [1.807, 2.05) is 12.1 Å². The minimum absolute atomic E-state index is 0.124. The number of hydrogen-bond donors (Lipinski definition) is 5. The van der Waals surface area contributed by atoms with Crippen molar-refractivity contribution in [2.45, 2.75) is 95.9 Å². The molecular weight excluding hydrogens is 738 g/mol. The molecule has 13 nitrogen and oxygen atoms in total. The molecule has 7 N–H and O–H groups in total. The normalized spacial score (nSPS) is 25.2. The summed E-state index contributed by atoms with van der Waals surface area (Å²) in [7, 11) is 0. The number of phenols is 1. The van der Waals surface area contributed by atoms with Crippen molar-refractivity contribution < 1.29 is 23.9 Å². The number of anilines is 1. The zero-order chi connectivity index (χ0) is 40.7. The van der Waals surface area contributed by atoms with E-state index in [2.05, 4.69) is 50.1 Å². The van der Waals surface area contributed by atoms with Crippen molar-refractivity contribution in [3.63, 3.8) is 0 Å². The fourth-order valence-electron chi connectivity index (χ4n) is 10.2. The molecule has 4 saturated heterocycles. The number of carbonyl (C=O) groups is 3. The second-order valence-electron chi connectivity index (χ2n) is 17.7. The average molecular weight is 798 g/mol. The van der Waals surface area contributed by atoms with Crippen molar-refractivity contribution in [2.24, 2.45) is 23.3 Å². The van der Waals surface area contributed by atoms with E-state index in [4.69, 9.17) is 11.5 Å². The molecule has 0 aliphatic carbocycles. The number of para-hydroxylation sites is 1. The highest BCUT2D eigenvalue weighted by molar-refractivity contribution is 6.05. The summed E-state index contributed by atoms with van der Waals surface area (Å²) in [6.07, 6.45) is 9.07. The maximum absolute atomic E-state index is 14.2. The van der Waals surface area contributed by atoms with Gasteiger partial charge in [0.15, 0.2) is 11.6 Å². The van der Waals surface area contributed by atoms with Gasteiger partial charge in [-0.15, -0.1) is 0 Å². The number of amides is 3. The first kappa shape index (κ1) is 40.0. The molecule has 3 atom stereocenters. The van der Waals surface area contributed by atoms with Crippen LogP contribution in [0.5, 0.6) is 5.75 Å². The lowest BCUT2D eigenvalue weighted by molar-refractivity contribution is -0.136. The Labute approximate surface area is 341 Å². The molecule has 312 valence electrons. The Morgan fingerprint density at radius 3 is 2.53 bits per heavy atom. The van der Waals surface area contributed by atoms with E-state index < -0.39 is 17.6 Å². The standard InChI is InChI=1S/C44H60FN9O4/c1-27(2)10-19-52(33-20-32-23-48-42(47)39(53(32)26-33)22-37(46)34-4-3-5-36(45)41(34)56)30-13-15-50(16-14-30)24-28-11-17-51(18-12-28)31-7-6-29-25-54(44(58)35(29)21-31)38-8-9-40(55)49-43(38)57/h3-7,21-22,27-28,30,32-33,38,48,56H,8-20,23-26,46-47H2,1-2H3,(H,49,55,57)/b37-22-. The van der Waals surface area contributed by atoms with Gasteiger partial charge in [-0.05, 0) is 112 Å². The molecule has 6 aliphatic rings. The second-order valence-corrected chi connectivity index (χ2v) is 17.7. The van der Waals surface area contributed by atoms with Crippen LogP contribution in [0, 0.1) is 17.7 Å². The van der Waals surface area contributed by atoms with Gasteiger partial charge in [-0.1, -0.05) is 26.0 Å². The molecule has 0 radical (unpaired) electrons. The number of nitrogens with two attached hydrogens (primary N) is 2. The number of imide groups is 1. The van der Waals surface area contributed by atoms with Crippen LogP contribution in [0.3, 0.4) is 0 Å². The first-order valence-corrected chi connectivity index (χ1v) is 21.4. The Morgan fingerprint density at radius 2 is 1.79 bits per heavy atom. The quantitative estimate of drug-likeness (QED) is 0.212. The zero-order valence-corrected chi connectivity index (χ0v) is 34.0. The number of hydrogen-bond acceptors (Lipinski definition) is 11. The van der Waals surface area contributed by atoms with Gasteiger partial charge in [0, 0.05) is 86.3 Å². The monoisotopic (exact) mass is 797 g/mol. The highest BCUT2D eigenvalue weighted by Gasteiger charge is 2.42. The molecule has 3 unspecified atom stereocenters. The molecule has 6 aliphatic heterocycles. The number of aromatic hydroxyl groups is 1. The molecule has 0 saturated carbocycles. The number of benzene rings is 2. The predicted octanol–water partition coefficient (Wildman–Crippen LogP) is 3.49. The van der Waals surface area contributed by atoms with Gasteiger partial charge in [-0.3, -0.25) is 24.6 Å². The van der Waals surface area contributed by atoms with Crippen molar-refractivity contribution in [3.05, 3.63) is 76.5 Å². The largest absolute Gasteiger partial charge is 0.504 e. The van der Waals surface area contributed by atoms with E-state index in [9.17, 15) is 23.9 Å². The minimum atomic E-state index is -0.705. The van der Waals surface area contributed by atoms with E-state index >= 15 is 0 Å². The lowest BCUT2D eigenvalue weighted by atomic mass is 9.93. The summed E-state index contributed by atoms with van der Waals surface area (Å²) in [4.78, 5) is 49.4. The number of phenolic OH excluding ortho intramolecular Hbond substituents is 1. The fraction of sp³-hybridized carbons (Fsp3) is 0.568. The van der Waals surface area contributed by atoms with Crippen LogP contribution in [0.15, 0.2) is 54.0 Å². The Morgan fingerprint density at radius 1 is 1.02 bits per heavy atom. The third-order valence-corrected chi connectivity index (χ3v) is 13.6. The van der Waals surface area contributed by atoms with Crippen LogP contribution in [-0.2, 0) is 16.1 Å². The fourth-order valence-corrected chi connectivity index (χ4v) is 10.2. The Hall–Kier alpha value is -4.82. The third kappa shape index (κ3) is 8.22. The number of allylic oxidation sites excluding steroid dienone is 1. The lowest BCUT2D eigenvalue weighted by Crippen LogP contribution is -2.52. The molecule has 2 aromatic rings. The molecule has 3 amide bonds. The number of nitrogens with one attached hydrogen (secondary N) is 2. The lowest BCUT2D eigenvalue weighted by Gasteiger charge is -2.43.